The zero-order valence-electron chi connectivity index (χ0n) is 19.8. The number of amides is 3. The SMILES string of the molecule is COc1ccc(CC(=O)N2CCC(NC(=O)C3CC(=O)N(C(C)(C)C)C3)CC2)cc1OC. The average Bonchev–Trinajstić information content (AvgIpc) is 3.16. The molecule has 0 aromatic heterocycles. The Morgan fingerprint density at radius 2 is 1.75 bits per heavy atom. The number of piperidine rings is 1. The third-order valence-corrected chi connectivity index (χ3v) is 6.30. The minimum Gasteiger partial charge on any atom is -0.493 e. The van der Waals surface area contributed by atoms with Crippen LogP contribution in [0.1, 0.15) is 45.6 Å². The molecule has 2 aliphatic rings. The van der Waals surface area contributed by atoms with Crippen molar-refractivity contribution in [1.82, 2.24) is 15.1 Å². The van der Waals surface area contributed by atoms with Gasteiger partial charge in [-0.25, -0.2) is 0 Å². The number of carbonyl (C=O) groups is 3. The Labute approximate surface area is 190 Å². The maximum atomic E-state index is 12.7. The predicted octanol–water partition coefficient (Wildman–Crippen LogP) is 2.00. The van der Waals surface area contributed by atoms with E-state index in [0.717, 1.165) is 5.56 Å². The van der Waals surface area contributed by atoms with Crippen LogP contribution in [-0.4, -0.2) is 73.0 Å². The average molecular weight is 446 g/mol. The number of hydrogen-bond donors (Lipinski definition) is 1. The first-order chi connectivity index (χ1) is 15.1. The highest BCUT2D eigenvalue weighted by atomic mass is 16.5. The van der Waals surface area contributed by atoms with Gasteiger partial charge in [0.25, 0.3) is 0 Å². The second-order valence-corrected chi connectivity index (χ2v) is 9.61. The molecule has 2 heterocycles. The van der Waals surface area contributed by atoms with E-state index in [1.54, 1.807) is 25.2 Å². The number of likely N-dealkylation sites (tertiary alicyclic amines) is 2. The fraction of sp³-hybridized carbons (Fsp3) is 0.625. The van der Waals surface area contributed by atoms with Gasteiger partial charge in [0, 0.05) is 37.6 Å². The Morgan fingerprint density at radius 1 is 1.09 bits per heavy atom. The molecule has 1 unspecified atom stereocenters. The monoisotopic (exact) mass is 445 g/mol. The fourth-order valence-corrected chi connectivity index (χ4v) is 4.40. The Morgan fingerprint density at radius 3 is 2.31 bits per heavy atom. The summed E-state index contributed by atoms with van der Waals surface area (Å²) in [6.07, 6.45) is 2.00. The van der Waals surface area contributed by atoms with Crippen molar-refractivity contribution in [2.75, 3.05) is 33.9 Å². The van der Waals surface area contributed by atoms with Gasteiger partial charge in [0.15, 0.2) is 11.5 Å². The van der Waals surface area contributed by atoms with E-state index < -0.39 is 0 Å². The van der Waals surface area contributed by atoms with E-state index in [9.17, 15) is 14.4 Å². The number of rotatable bonds is 6. The van der Waals surface area contributed by atoms with E-state index in [1.807, 2.05) is 37.8 Å². The van der Waals surface area contributed by atoms with Gasteiger partial charge in [0.1, 0.15) is 0 Å². The van der Waals surface area contributed by atoms with E-state index >= 15 is 0 Å². The molecule has 0 bridgehead atoms. The van der Waals surface area contributed by atoms with Crippen molar-refractivity contribution in [2.24, 2.45) is 5.92 Å². The molecule has 8 heteroatoms. The Balaban J connectivity index is 1.47. The van der Waals surface area contributed by atoms with E-state index in [2.05, 4.69) is 5.32 Å². The molecule has 8 nitrogen and oxygen atoms in total. The highest BCUT2D eigenvalue weighted by Crippen LogP contribution is 2.28. The molecule has 2 aliphatic heterocycles. The van der Waals surface area contributed by atoms with Gasteiger partial charge >= 0.3 is 0 Å². The summed E-state index contributed by atoms with van der Waals surface area (Å²) in [5.74, 6) is 0.980. The minimum atomic E-state index is -0.300. The predicted molar refractivity (Wildman–Crippen MR) is 121 cm³/mol. The van der Waals surface area contributed by atoms with E-state index in [0.29, 0.717) is 50.4 Å². The van der Waals surface area contributed by atoms with Crippen molar-refractivity contribution in [1.29, 1.82) is 0 Å². The largest absolute Gasteiger partial charge is 0.493 e. The molecule has 176 valence electrons. The third kappa shape index (κ3) is 5.53. The number of benzene rings is 1. The Hall–Kier alpha value is -2.77. The van der Waals surface area contributed by atoms with Crippen LogP contribution in [0.2, 0.25) is 0 Å². The summed E-state index contributed by atoms with van der Waals surface area (Å²) in [6, 6.07) is 5.53. The standard InChI is InChI=1S/C24H35N3O5/c1-24(2,3)27-15-17(14-22(27)29)23(30)25-18-8-10-26(11-9-18)21(28)13-16-6-7-19(31-4)20(12-16)32-5/h6-7,12,17-18H,8-11,13-15H2,1-5H3,(H,25,30). The quantitative estimate of drug-likeness (QED) is 0.724. The normalized spacial score (nSPS) is 19.8. The summed E-state index contributed by atoms with van der Waals surface area (Å²) in [5, 5.41) is 3.10. The van der Waals surface area contributed by atoms with Crippen molar-refractivity contribution in [3.8, 4) is 11.5 Å². The summed E-state index contributed by atoms with van der Waals surface area (Å²) >= 11 is 0. The van der Waals surface area contributed by atoms with Crippen molar-refractivity contribution >= 4 is 17.7 Å². The van der Waals surface area contributed by atoms with E-state index in [-0.39, 0.29) is 41.6 Å². The molecule has 0 saturated carbocycles. The summed E-state index contributed by atoms with van der Waals surface area (Å²) in [7, 11) is 3.15. The molecular weight excluding hydrogens is 410 g/mol. The first-order valence-corrected chi connectivity index (χ1v) is 11.2. The Bertz CT molecular complexity index is 856. The second-order valence-electron chi connectivity index (χ2n) is 9.61. The number of carbonyl (C=O) groups excluding carboxylic acids is 3. The van der Waals surface area contributed by atoms with Crippen LogP contribution in [-0.2, 0) is 20.8 Å². The summed E-state index contributed by atoms with van der Waals surface area (Å²) in [5.41, 5.74) is 0.600. The number of hydrogen-bond acceptors (Lipinski definition) is 5. The zero-order valence-corrected chi connectivity index (χ0v) is 19.8. The molecule has 1 atom stereocenters. The lowest BCUT2D eigenvalue weighted by Gasteiger charge is -2.33. The molecule has 2 fully saturated rings. The molecule has 0 aliphatic carbocycles. The van der Waals surface area contributed by atoms with Crippen LogP contribution >= 0.6 is 0 Å². The van der Waals surface area contributed by atoms with Crippen molar-refractivity contribution in [3.05, 3.63) is 23.8 Å². The minimum absolute atomic E-state index is 0.0337. The third-order valence-electron chi connectivity index (χ3n) is 6.30. The van der Waals surface area contributed by atoms with Gasteiger partial charge in [-0.2, -0.15) is 0 Å². The lowest BCUT2D eigenvalue weighted by Crippen LogP contribution is -2.48. The second kappa shape index (κ2) is 9.79. The van der Waals surface area contributed by atoms with Gasteiger partial charge in [-0.05, 0) is 51.3 Å². The van der Waals surface area contributed by atoms with Gasteiger partial charge < -0.3 is 24.6 Å². The lowest BCUT2D eigenvalue weighted by atomic mass is 10.0. The molecule has 2 saturated heterocycles. The number of methoxy groups -OCH3 is 2. The van der Waals surface area contributed by atoms with Gasteiger partial charge in [-0.3, -0.25) is 14.4 Å². The van der Waals surface area contributed by atoms with Crippen LogP contribution in [0.3, 0.4) is 0 Å². The van der Waals surface area contributed by atoms with Crippen molar-refractivity contribution in [3.63, 3.8) is 0 Å². The molecule has 32 heavy (non-hydrogen) atoms. The van der Waals surface area contributed by atoms with Crippen LogP contribution in [0.4, 0.5) is 0 Å². The van der Waals surface area contributed by atoms with Crippen LogP contribution in [0.5, 0.6) is 11.5 Å². The first-order valence-electron chi connectivity index (χ1n) is 11.2. The van der Waals surface area contributed by atoms with E-state index in [4.69, 9.17) is 9.47 Å². The number of nitrogens with one attached hydrogen (secondary N) is 1. The number of nitrogens with zero attached hydrogens (tertiary/aromatic N) is 2. The topological polar surface area (TPSA) is 88.2 Å². The lowest BCUT2D eigenvalue weighted by molar-refractivity contribution is -0.133. The van der Waals surface area contributed by atoms with Gasteiger partial charge in [-0.15, -0.1) is 0 Å². The van der Waals surface area contributed by atoms with Crippen LogP contribution in [0, 0.1) is 5.92 Å². The maximum Gasteiger partial charge on any atom is 0.226 e. The summed E-state index contributed by atoms with van der Waals surface area (Å²) in [6.45, 7) is 7.64. The first kappa shape index (κ1) is 23.9. The smallest absolute Gasteiger partial charge is 0.226 e. The Kier molecular flexibility index (Phi) is 7.31. The van der Waals surface area contributed by atoms with Crippen LogP contribution in [0.25, 0.3) is 0 Å². The molecule has 0 radical (unpaired) electrons. The fourth-order valence-electron chi connectivity index (χ4n) is 4.40. The zero-order chi connectivity index (χ0) is 23.5. The highest BCUT2D eigenvalue weighted by molar-refractivity contribution is 5.89. The molecule has 3 amide bonds. The van der Waals surface area contributed by atoms with Crippen molar-refractivity contribution in [2.45, 2.75) is 58.0 Å². The molecular formula is C24H35N3O5. The van der Waals surface area contributed by atoms with Gasteiger partial charge in [0.05, 0.1) is 26.6 Å². The van der Waals surface area contributed by atoms with Crippen molar-refractivity contribution < 1.29 is 23.9 Å². The molecule has 1 aromatic carbocycles. The number of ether oxygens (including phenoxy) is 2. The van der Waals surface area contributed by atoms with Gasteiger partial charge in [0.2, 0.25) is 17.7 Å². The molecule has 1 aromatic rings. The van der Waals surface area contributed by atoms with Gasteiger partial charge in [-0.1, -0.05) is 6.07 Å². The van der Waals surface area contributed by atoms with E-state index in [1.165, 1.54) is 0 Å². The molecule has 0 spiro atoms. The summed E-state index contributed by atoms with van der Waals surface area (Å²) in [4.78, 5) is 41.3. The molecule has 1 N–H and O–H groups in total. The molecule has 3 rings (SSSR count). The van der Waals surface area contributed by atoms with Crippen LogP contribution in [0.15, 0.2) is 18.2 Å². The van der Waals surface area contributed by atoms with Crippen LogP contribution < -0.4 is 14.8 Å². The highest BCUT2D eigenvalue weighted by Gasteiger charge is 2.40. The maximum absolute atomic E-state index is 12.7. The summed E-state index contributed by atoms with van der Waals surface area (Å²) < 4.78 is 10.6.